The number of carboxylic acids is 1. The molecule has 8 rings (SSSR count). The van der Waals surface area contributed by atoms with Gasteiger partial charge in [0.1, 0.15) is 0 Å². The lowest BCUT2D eigenvalue weighted by Gasteiger charge is -2.07. The van der Waals surface area contributed by atoms with Crippen LogP contribution >= 0.6 is 0 Å². The van der Waals surface area contributed by atoms with Gasteiger partial charge < -0.3 is 64.6 Å². The zero-order chi connectivity index (χ0) is 36.8. The van der Waals surface area contributed by atoms with E-state index in [9.17, 15) is 24.6 Å². The fourth-order valence-electron chi connectivity index (χ4n) is 4.71. The molecule has 5 aromatic carbocycles. The standard InChI is InChI=1S/C15H11NO5.C13H11NO5.C8H6O4/c17-15(9-1-3-11-13(5-9)20-7-18-11)16-10-2-4-12-14(6-10)21-8-19-12;15-9-3-1-7(5-11(9)17)13(19)14-8-2-4-10(16)12(18)6-8;9-8(10)5-1-2-6-7(3-5)12-4-11-6/h1-6H,7-8H2,(H,16,17);1-6,15-18H,(H,14,19);1-3H,4H2,(H,9,10). The first-order valence-corrected chi connectivity index (χ1v) is 15.1. The molecular formula is C36H28N2O14. The van der Waals surface area contributed by atoms with E-state index in [1.165, 1.54) is 42.5 Å². The molecule has 0 saturated carbocycles. The number of phenols is 4. The Hall–Kier alpha value is -7.49. The quantitative estimate of drug-likeness (QED) is 0.0909. The van der Waals surface area contributed by atoms with E-state index < -0.39 is 17.6 Å². The van der Waals surface area contributed by atoms with Crippen LogP contribution in [-0.2, 0) is 0 Å². The van der Waals surface area contributed by atoms with Crippen LogP contribution in [0.1, 0.15) is 31.1 Å². The average Bonchev–Trinajstić information content (AvgIpc) is 3.92. The molecule has 0 aliphatic carbocycles. The number of benzene rings is 5. The summed E-state index contributed by atoms with van der Waals surface area (Å²) in [6.45, 7) is 0.551. The zero-order valence-corrected chi connectivity index (χ0v) is 26.7. The van der Waals surface area contributed by atoms with Crippen molar-refractivity contribution in [1.82, 2.24) is 0 Å². The van der Waals surface area contributed by atoms with E-state index in [1.54, 1.807) is 42.5 Å². The summed E-state index contributed by atoms with van der Waals surface area (Å²) in [5, 5.41) is 50.8. The molecule has 266 valence electrons. The predicted molar refractivity (Wildman–Crippen MR) is 180 cm³/mol. The number of nitrogens with one attached hydrogen (secondary N) is 2. The van der Waals surface area contributed by atoms with Gasteiger partial charge in [-0.15, -0.1) is 0 Å². The normalized spacial score (nSPS) is 12.4. The minimum Gasteiger partial charge on any atom is -0.504 e. The minimum absolute atomic E-state index is 0.142. The van der Waals surface area contributed by atoms with Crippen LogP contribution in [0.25, 0.3) is 0 Å². The lowest BCUT2D eigenvalue weighted by molar-refractivity contribution is 0.0695. The summed E-state index contributed by atoms with van der Waals surface area (Å²) in [6, 6.07) is 22.3. The first-order valence-electron chi connectivity index (χ1n) is 15.1. The molecular weight excluding hydrogens is 684 g/mol. The van der Waals surface area contributed by atoms with E-state index in [2.05, 4.69) is 10.6 Å². The molecule has 3 aliphatic heterocycles. The molecule has 0 radical (unpaired) electrons. The second-order valence-corrected chi connectivity index (χ2v) is 10.8. The summed E-state index contributed by atoms with van der Waals surface area (Å²) >= 11 is 0. The molecule has 3 heterocycles. The third kappa shape index (κ3) is 8.03. The van der Waals surface area contributed by atoms with Gasteiger partial charge in [-0.3, -0.25) is 9.59 Å². The molecule has 7 N–H and O–H groups in total. The molecule has 0 atom stereocenters. The Labute approximate surface area is 293 Å². The molecule has 0 unspecified atom stereocenters. The van der Waals surface area contributed by atoms with Crippen molar-refractivity contribution in [3.8, 4) is 57.5 Å². The number of carbonyl (C=O) groups is 3. The van der Waals surface area contributed by atoms with E-state index in [-0.39, 0.29) is 60.3 Å². The topological polar surface area (TPSA) is 232 Å². The maximum Gasteiger partial charge on any atom is 0.335 e. The molecule has 3 aliphatic rings. The van der Waals surface area contributed by atoms with Crippen LogP contribution in [0.4, 0.5) is 11.4 Å². The summed E-state index contributed by atoms with van der Waals surface area (Å²) in [4.78, 5) is 34.6. The van der Waals surface area contributed by atoms with Crippen molar-refractivity contribution in [1.29, 1.82) is 0 Å². The van der Waals surface area contributed by atoms with Gasteiger partial charge in [0.25, 0.3) is 11.8 Å². The largest absolute Gasteiger partial charge is 0.504 e. The van der Waals surface area contributed by atoms with Crippen molar-refractivity contribution in [3.63, 3.8) is 0 Å². The fraction of sp³-hybridized carbons (Fsp3) is 0.0833. The molecule has 0 spiro atoms. The highest BCUT2D eigenvalue weighted by Gasteiger charge is 2.19. The van der Waals surface area contributed by atoms with Crippen molar-refractivity contribution >= 4 is 29.2 Å². The van der Waals surface area contributed by atoms with Gasteiger partial charge in [0.2, 0.25) is 20.4 Å². The number of carbonyl (C=O) groups excluding carboxylic acids is 2. The van der Waals surface area contributed by atoms with Crippen LogP contribution in [0.15, 0.2) is 91.0 Å². The first kappa shape index (κ1) is 34.4. The zero-order valence-electron chi connectivity index (χ0n) is 26.7. The fourth-order valence-corrected chi connectivity index (χ4v) is 4.71. The van der Waals surface area contributed by atoms with Gasteiger partial charge in [-0.2, -0.15) is 0 Å². The molecule has 5 aromatic rings. The smallest absolute Gasteiger partial charge is 0.335 e. The number of phenolic OH excluding ortho intramolecular Hbond substituents is 4. The van der Waals surface area contributed by atoms with Crippen LogP contribution in [0.3, 0.4) is 0 Å². The SMILES string of the molecule is O=C(Nc1ccc(O)c(O)c1)c1ccc(O)c(O)c1.O=C(Nc1ccc2c(c1)OCO2)c1ccc2c(c1)OCO2.O=C(O)c1ccc2c(c1)OCO2. The number of aromatic hydroxyl groups is 4. The maximum absolute atomic E-state index is 12.2. The second kappa shape index (κ2) is 15.0. The molecule has 0 saturated heterocycles. The summed E-state index contributed by atoms with van der Waals surface area (Å²) in [5.74, 6) is 0.528. The summed E-state index contributed by atoms with van der Waals surface area (Å²) < 4.78 is 31.0. The number of hydrogen-bond donors (Lipinski definition) is 7. The van der Waals surface area contributed by atoms with Crippen LogP contribution in [0.5, 0.6) is 57.5 Å². The molecule has 16 nitrogen and oxygen atoms in total. The molecule has 0 fully saturated rings. The number of hydrogen-bond acceptors (Lipinski definition) is 13. The number of carboxylic acid groups (broad SMARTS) is 1. The first-order chi connectivity index (χ1) is 25.0. The van der Waals surface area contributed by atoms with E-state index in [4.69, 9.17) is 43.7 Å². The van der Waals surface area contributed by atoms with E-state index in [0.717, 1.165) is 6.07 Å². The lowest BCUT2D eigenvalue weighted by Crippen LogP contribution is -2.11. The molecule has 52 heavy (non-hydrogen) atoms. The third-order valence-electron chi connectivity index (χ3n) is 7.36. The van der Waals surface area contributed by atoms with Gasteiger partial charge in [-0.25, -0.2) is 4.79 Å². The summed E-state index contributed by atoms with van der Waals surface area (Å²) in [5.41, 5.74) is 1.77. The van der Waals surface area contributed by atoms with Gasteiger partial charge in [0, 0.05) is 34.6 Å². The number of rotatable bonds is 5. The van der Waals surface area contributed by atoms with Crippen molar-refractivity contribution in [2.75, 3.05) is 31.0 Å². The van der Waals surface area contributed by atoms with Crippen molar-refractivity contribution in [2.24, 2.45) is 0 Å². The highest BCUT2D eigenvalue weighted by atomic mass is 16.7. The third-order valence-corrected chi connectivity index (χ3v) is 7.36. The van der Waals surface area contributed by atoms with E-state index >= 15 is 0 Å². The highest BCUT2D eigenvalue weighted by Crippen LogP contribution is 2.36. The van der Waals surface area contributed by atoms with Crippen molar-refractivity contribution in [2.45, 2.75) is 0 Å². The number of ether oxygens (including phenoxy) is 6. The molecule has 2 amide bonds. The minimum atomic E-state index is -0.965. The van der Waals surface area contributed by atoms with E-state index in [1.807, 2.05) is 0 Å². The van der Waals surface area contributed by atoms with Gasteiger partial charge in [-0.05, 0) is 78.9 Å². The van der Waals surface area contributed by atoms with Crippen LogP contribution < -0.4 is 39.1 Å². The predicted octanol–water partition coefficient (Wildman–Crippen LogP) is 5.27. The Morgan fingerprint density at radius 1 is 0.423 bits per heavy atom. The van der Waals surface area contributed by atoms with Crippen LogP contribution in [-0.4, -0.2) is 63.7 Å². The number of fused-ring (bicyclic) bond motifs is 3. The maximum atomic E-state index is 12.2. The number of anilines is 2. The molecule has 0 bridgehead atoms. The van der Waals surface area contributed by atoms with Gasteiger partial charge in [0.15, 0.2) is 57.5 Å². The Bertz CT molecular complexity index is 2170. The van der Waals surface area contributed by atoms with Gasteiger partial charge in [-0.1, -0.05) is 0 Å². The molecule has 16 heteroatoms. The Balaban J connectivity index is 0.000000139. The van der Waals surface area contributed by atoms with Gasteiger partial charge in [0.05, 0.1) is 5.56 Å². The number of aromatic carboxylic acids is 1. The second-order valence-electron chi connectivity index (χ2n) is 10.8. The monoisotopic (exact) mass is 712 g/mol. The Morgan fingerprint density at radius 2 is 0.808 bits per heavy atom. The Morgan fingerprint density at radius 3 is 1.35 bits per heavy atom. The van der Waals surface area contributed by atoms with Crippen LogP contribution in [0, 0.1) is 0 Å². The van der Waals surface area contributed by atoms with Crippen molar-refractivity contribution in [3.05, 3.63) is 108 Å². The highest BCUT2D eigenvalue weighted by molar-refractivity contribution is 6.05. The Kier molecular flexibility index (Phi) is 9.89. The average molecular weight is 713 g/mol. The lowest BCUT2D eigenvalue weighted by atomic mass is 10.2. The van der Waals surface area contributed by atoms with Crippen LogP contribution in [0.2, 0.25) is 0 Å². The summed E-state index contributed by atoms with van der Waals surface area (Å²) in [6.07, 6.45) is 0. The summed E-state index contributed by atoms with van der Waals surface area (Å²) in [7, 11) is 0. The van der Waals surface area contributed by atoms with Gasteiger partial charge >= 0.3 is 5.97 Å². The van der Waals surface area contributed by atoms with E-state index in [0.29, 0.717) is 45.7 Å². The van der Waals surface area contributed by atoms with Crippen molar-refractivity contribution < 1.29 is 68.3 Å². The molecule has 0 aromatic heterocycles. The number of amides is 2.